The molecule has 5 heteroatoms. The highest BCUT2D eigenvalue weighted by molar-refractivity contribution is 14.0. The van der Waals surface area contributed by atoms with Crippen LogP contribution in [0.25, 0.3) is 0 Å². The molecule has 1 atom stereocenters. The molecule has 0 bridgehead atoms. The molecule has 2 N–H and O–H groups in total. The van der Waals surface area contributed by atoms with E-state index < -0.39 is 0 Å². The molecule has 22 heavy (non-hydrogen) atoms. The molecule has 0 amide bonds. The summed E-state index contributed by atoms with van der Waals surface area (Å²) in [7, 11) is 0. The van der Waals surface area contributed by atoms with Crippen molar-refractivity contribution in [3.05, 3.63) is 35.9 Å². The molecule has 0 aliphatic rings. The van der Waals surface area contributed by atoms with Crippen LogP contribution in [0.15, 0.2) is 35.3 Å². The second-order valence-corrected chi connectivity index (χ2v) is 4.60. The molecule has 1 aromatic carbocycles. The van der Waals surface area contributed by atoms with Gasteiger partial charge in [0.25, 0.3) is 0 Å². The Morgan fingerprint density at radius 1 is 1.32 bits per heavy atom. The minimum atomic E-state index is 0. The van der Waals surface area contributed by atoms with Crippen LogP contribution in [0.4, 0.5) is 0 Å². The number of aliphatic imine (C=N–C) groups is 1. The summed E-state index contributed by atoms with van der Waals surface area (Å²) in [5.74, 6) is 3.29. The van der Waals surface area contributed by atoms with Gasteiger partial charge in [-0.25, -0.2) is 0 Å². The van der Waals surface area contributed by atoms with Crippen molar-refractivity contribution in [2.75, 3.05) is 26.2 Å². The number of hydrogen-bond acceptors (Lipinski definition) is 2. The summed E-state index contributed by atoms with van der Waals surface area (Å²) in [5, 5.41) is 6.20. The molecule has 4 nitrogen and oxygen atoms in total. The molecule has 0 aromatic heterocycles. The maximum Gasteiger partial charge on any atom is 0.192 e. The van der Waals surface area contributed by atoms with Gasteiger partial charge < -0.3 is 15.4 Å². The lowest BCUT2D eigenvalue weighted by Crippen LogP contribution is -2.37. The first-order valence-corrected chi connectivity index (χ1v) is 7.40. The van der Waals surface area contributed by atoms with E-state index in [-0.39, 0.29) is 30.1 Å². The van der Waals surface area contributed by atoms with Gasteiger partial charge in [0.1, 0.15) is 0 Å². The third-order valence-corrected chi connectivity index (χ3v) is 2.91. The molecule has 0 aliphatic heterocycles. The first kappa shape index (κ1) is 20.7. The van der Waals surface area contributed by atoms with E-state index in [1.807, 2.05) is 25.1 Å². The van der Waals surface area contributed by atoms with Gasteiger partial charge in [0.15, 0.2) is 5.96 Å². The van der Waals surface area contributed by atoms with Crippen LogP contribution in [0.1, 0.15) is 31.9 Å². The molecular formula is C17H26IN3O. The van der Waals surface area contributed by atoms with Crippen LogP contribution in [0.5, 0.6) is 0 Å². The van der Waals surface area contributed by atoms with Gasteiger partial charge in [-0.15, -0.1) is 30.4 Å². The molecule has 0 saturated heterocycles. The van der Waals surface area contributed by atoms with Crippen molar-refractivity contribution >= 4 is 29.9 Å². The van der Waals surface area contributed by atoms with E-state index in [2.05, 4.69) is 40.6 Å². The van der Waals surface area contributed by atoms with Gasteiger partial charge in [0.2, 0.25) is 0 Å². The van der Waals surface area contributed by atoms with Crippen LogP contribution < -0.4 is 10.6 Å². The number of terminal acetylenes is 1. The minimum Gasteiger partial charge on any atom is -0.374 e. The Hall–Kier alpha value is -1.26. The highest BCUT2D eigenvalue weighted by atomic mass is 127. The molecule has 0 radical (unpaired) electrons. The molecule has 0 aliphatic carbocycles. The van der Waals surface area contributed by atoms with Gasteiger partial charge in [-0.3, -0.25) is 4.99 Å². The van der Waals surface area contributed by atoms with E-state index in [1.165, 1.54) is 5.56 Å². The average Bonchev–Trinajstić information content (AvgIpc) is 2.52. The first-order valence-electron chi connectivity index (χ1n) is 7.40. The van der Waals surface area contributed by atoms with Crippen molar-refractivity contribution < 1.29 is 4.74 Å². The summed E-state index contributed by atoms with van der Waals surface area (Å²) in [5.41, 5.74) is 1.20. The lowest BCUT2D eigenvalue weighted by molar-refractivity contribution is 0.0652. The molecule has 0 spiro atoms. The number of ether oxygens (including phenoxy) is 1. The SMILES string of the molecule is C#CCNC(=NCCCOC(C)c1ccccc1)NCC.I. The largest absolute Gasteiger partial charge is 0.374 e. The number of guanidine groups is 1. The van der Waals surface area contributed by atoms with Gasteiger partial charge in [0.05, 0.1) is 12.6 Å². The van der Waals surface area contributed by atoms with Crippen molar-refractivity contribution in [2.24, 2.45) is 4.99 Å². The topological polar surface area (TPSA) is 45.7 Å². The second-order valence-electron chi connectivity index (χ2n) is 4.60. The highest BCUT2D eigenvalue weighted by Crippen LogP contribution is 2.15. The van der Waals surface area contributed by atoms with Crippen LogP contribution in [0.3, 0.4) is 0 Å². The first-order chi connectivity index (χ1) is 10.3. The number of benzene rings is 1. The van der Waals surface area contributed by atoms with Crippen LogP contribution in [0.2, 0.25) is 0 Å². The molecular weight excluding hydrogens is 389 g/mol. The standard InChI is InChI=1S/C17H25N3O.HI/c1-4-12-19-17(18-5-2)20-13-9-14-21-15(3)16-10-7-6-8-11-16;/h1,6-8,10-11,15H,5,9,12-14H2,2-3H3,(H2,18,19,20);1H. The Bertz CT molecular complexity index is 457. The molecule has 1 aromatic rings. The Kier molecular flexibility index (Phi) is 12.6. The van der Waals surface area contributed by atoms with E-state index in [9.17, 15) is 0 Å². The van der Waals surface area contributed by atoms with Gasteiger partial charge in [-0.1, -0.05) is 36.3 Å². The summed E-state index contributed by atoms with van der Waals surface area (Å²) in [6.07, 6.45) is 6.22. The lowest BCUT2D eigenvalue weighted by Gasteiger charge is -2.13. The van der Waals surface area contributed by atoms with Gasteiger partial charge in [0, 0.05) is 19.7 Å². The van der Waals surface area contributed by atoms with Gasteiger partial charge in [-0.2, -0.15) is 0 Å². The number of halogens is 1. The second kappa shape index (κ2) is 13.4. The fourth-order valence-electron chi connectivity index (χ4n) is 1.81. The predicted molar refractivity (Wildman–Crippen MR) is 104 cm³/mol. The van der Waals surface area contributed by atoms with E-state index in [0.717, 1.165) is 18.9 Å². The van der Waals surface area contributed by atoms with Crippen LogP contribution in [0, 0.1) is 12.3 Å². The maximum absolute atomic E-state index is 5.81. The smallest absolute Gasteiger partial charge is 0.192 e. The molecule has 1 unspecified atom stereocenters. The van der Waals surface area contributed by atoms with Crippen molar-refractivity contribution in [3.8, 4) is 12.3 Å². The molecule has 0 fully saturated rings. The summed E-state index contributed by atoms with van der Waals surface area (Å²) in [6.45, 7) is 6.79. The normalized spacial score (nSPS) is 12.0. The Morgan fingerprint density at radius 3 is 2.68 bits per heavy atom. The highest BCUT2D eigenvalue weighted by Gasteiger charge is 2.03. The Labute approximate surface area is 151 Å². The number of rotatable bonds is 8. The monoisotopic (exact) mass is 415 g/mol. The van der Waals surface area contributed by atoms with Crippen molar-refractivity contribution in [1.29, 1.82) is 0 Å². The van der Waals surface area contributed by atoms with E-state index in [0.29, 0.717) is 19.7 Å². The molecule has 122 valence electrons. The van der Waals surface area contributed by atoms with Gasteiger partial charge >= 0.3 is 0 Å². The zero-order valence-corrected chi connectivity index (χ0v) is 15.7. The number of nitrogens with zero attached hydrogens (tertiary/aromatic N) is 1. The molecule has 0 heterocycles. The fraction of sp³-hybridized carbons (Fsp3) is 0.471. The van der Waals surface area contributed by atoms with E-state index in [1.54, 1.807) is 0 Å². The van der Waals surface area contributed by atoms with Crippen molar-refractivity contribution in [1.82, 2.24) is 10.6 Å². The third kappa shape index (κ3) is 8.90. The molecule has 0 saturated carbocycles. The molecule has 1 rings (SSSR count). The average molecular weight is 415 g/mol. The Balaban J connectivity index is 0.00000441. The van der Waals surface area contributed by atoms with Crippen LogP contribution in [-0.4, -0.2) is 32.2 Å². The number of nitrogens with one attached hydrogen (secondary N) is 2. The van der Waals surface area contributed by atoms with E-state index >= 15 is 0 Å². The quantitative estimate of drug-likeness (QED) is 0.226. The van der Waals surface area contributed by atoms with Crippen LogP contribution in [-0.2, 0) is 4.74 Å². The van der Waals surface area contributed by atoms with E-state index in [4.69, 9.17) is 11.2 Å². The fourth-order valence-corrected chi connectivity index (χ4v) is 1.81. The third-order valence-electron chi connectivity index (χ3n) is 2.91. The Morgan fingerprint density at radius 2 is 2.05 bits per heavy atom. The predicted octanol–water partition coefficient (Wildman–Crippen LogP) is 2.96. The van der Waals surface area contributed by atoms with Crippen molar-refractivity contribution in [3.63, 3.8) is 0 Å². The summed E-state index contributed by atoms with van der Waals surface area (Å²) in [4.78, 5) is 4.44. The minimum absolute atomic E-state index is 0. The summed E-state index contributed by atoms with van der Waals surface area (Å²) in [6, 6.07) is 10.2. The van der Waals surface area contributed by atoms with Gasteiger partial charge in [-0.05, 0) is 25.8 Å². The van der Waals surface area contributed by atoms with Crippen molar-refractivity contribution in [2.45, 2.75) is 26.4 Å². The zero-order valence-electron chi connectivity index (χ0n) is 13.3. The zero-order chi connectivity index (χ0) is 15.3. The lowest BCUT2D eigenvalue weighted by atomic mass is 10.1. The van der Waals surface area contributed by atoms with Crippen LogP contribution >= 0.6 is 24.0 Å². The number of hydrogen-bond donors (Lipinski definition) is 2. The summed E-state index contributed by atoms with van der Waals surface area (Å²) >= 11 is 0. The maximum atomic E-state index is 5.81. The summed E-state index contributed by atoms with van der Waals surface area (Å²) < 4.78 is 5.81.